The van der Waals surface area contributed by atoms with Crippen molar-refractivity contribution >= 4 is 23.4 Å². The van der Waals surface area contributed by atoms with Gasteiger partial charge in [-0.05, 0) is 68.0 Å². The molecule has 0 saturated carbocycles. The molecule has 0 spiro atoms. The lowest BCUT2D eigenvalue weighted by Gasteiger charge is -2.43. The van der Waals surface area contributed by atoms with Crippen molar-refractivity contribution in [2.45, 2.75) is 52.5 Å². The molecule has 1 aliphatic carbocycles. The lowest BCUT2D eigenvalue weighted by molar-refractivity contribution is -0.127. The van der Waals surface area contributed by atoms with Gasteiger partial charge in [-0.3, -0.25) is 9.69 Å². The Balaban J connectivity index is 1.86. The third kappa shape index (κ3) is 5.49. The van der Waals surface area contributed by atoms with Crippen LogP contribution in [0.25, 0.3) is 0 Å². The van der Waals surface area contributed by atoms with Crippen LogP contribution in [0.1, 0.15) is 45.2 Å². The number of anilines is 2. The fourth-order valence-corrected chi connectivity index (χ4v) is 4.45. The number of nitrogens with zero attached hydrogens (tertiary/aromatic N) is 2. The lowest BCUT2D eigenvalue weighted by Crippen LogP contribution is -2.60. The number of benzene rings is 2. The summed E-state index contributed by atoms with van der Waals surface area (Å²) >= 11 is 0. The highest BCUT2D eigenvalue weighted by molar-refractivity contribution is 6.00. The third-order valence-electron chi connectivity index (χ3n) is 6.54. The van der Waals surface area contributed by atoms with Crippen LogP contribution in [0.2, 0.25) is 0 Å². The van der Waals surface area contributed by atoms with Crippen molar-refractivity contribution in [3.05, 3.63) is 59.7 Å². The molecule has 2 aromatic carbocycles. The molecule has 0 aliphatic heterocycles. The van der Waals surface area contributed by atoms with Gasteiger partial charge in [0.2, 0.25) is 0 Å². The fraction of sp³-hybridized carbons (Fsp3) is 0.481. The summed E-state index contributed by atoms with van der Waals surface area (Å²) in [5.41, 5.74) is 3.15. The molecule has 6 nitrogen and oxygen atoms in total. The van der Waals surface area contributed by atoms with E-state index in [1.807, 2.05) is 56.3 Å². The second-order valence-corrected chi connectivity index (χ2v) is 9.18. The van der Waals surface area contributed by atoms with Crippen molar-refractivity contribution in [3.63, 3.8) is 0 Å². The van der Waals surface area contributed by atoms with Gasteiger partial charge in [0.05, 0.1) is 6.61 Å². The Morgan fingerprint density at radius 1 is 1.03 bits per heavy atom. The standard InChI is InChI=1S/C27H37N3O3/c1-6-30(7-2)24-14-12-23(13-15-24)28-25(31)27(29(5)26(32)33-19-20(3)4)17-16-21-10-8-9-11-22(21)18-27/h8-15,20H,6-7,16-19H2,1-5H3,(H,28,31). The Bertz CT molecular complexity index is 953. The zero-order chi connectivity index (χ0) is 24.0. The summed E-state index contributed by atoms with van der Waals surface area (Å²) in [5.74, 6) is 0.0418. The van der Waals surface area contributed by atoms with Crippen LogP contribution in [-0.2, 0) is 22.4 Å². The predicted octanol–water partition coefficient (Wildman–Crippen LogP) is 5.12. The maximum absolute atomic E-state index is 13.7. The minimum Gasteiger partial charge on any atom is -0.449 e. The second-order valence-electron chi connectivity index (χ2n) is 9.18. The molecule has 1 atom stereocenters. The van der Waals surface area contributed by atoms with Gasteiger partial charge in [0.25, 0.3) is 5.91 Å². The van der Waals surface area contributed by atoms with E-state index in [-0.39, 0.29) is 11.8 Å². The first-order valence-electron chi connectivity index (χ1n) is 11.9. The van der Waals surface area contributed by atoms with E-state index >= 15 is 0 Å². The van der Waals surface area contributed by atoms with E-state index in [1.54, 1.807) is 7.05 Å². The van der Waals surface area contributed by atoms with Crippen LogP contribution in [0, 0.1) is 5.92 Å². The number of amides is 2. The molecule has 1 aliphatic rings. The van der Waals surface area contributed by atoms with Crippen LogP contribution in [-0.4, -0.2) is 49.2 Å². The van der Waals surface area contributed by atoms with Crippen molar-refractivity contribution in [1.29, 1.82) is 0 Å². The lowest BCUT2D eigenvalue weighted by atomic mass is 9.76. The highest BCUT2D eigenvalue weighted by Crippen LogP contribution is 2.34. The number of carbonyl (C=O) groups is 2. The van der Waals surface area contributed by atoms with Crippen LogP contribution in [0.5, 0.6) is 0 Å². The Morgan fingerprint density at radius 3 is 2.27 bits per heavy atom. The topological polar surface area (TPSA) is 61.9 Å². The summed E-state index contributed by atoms with van der Waals surface area (Å²) in [6.45, 7) is 10.4. The van der Waals surface area contributed by atoms with E-state index < -0.39 is 11.6 Å². The van der Waals surface area contributed by atoms with E-state index in [2.05, 4.69) is 30.1 Å². The molecule has 1 unspecified atom stereocenters. The molecule has 33 heavy (non-hydrogen) atoms. The van der Waals surface area contributed by atoms with E-state index in [1.165, 1.54) is 10.5 Å². The molecular weight excluding hydrogens is 414 g/mol. The molecule has 1 N–H and O–H groups in total. The van der Waals surface area contributed by atoms with Crippen molar-refractivity contribution < 1.29 is 14.3 Å². The van der Waals surface area contributed by atoms with Crippen LogP contribution in [0.3, 0.4) is 0 Å². The second kappa shape index (κ2) is 10.7. The van der Waals surface area contributed by atoms with Gasteiger partial charge in [-0.25, -0.2) is 4.79 Å². The molecule has 0 aromatic heterocycles. The quantitative estimate of drug-likeness (QED) is 0.605. The first-order valence-corrected chi connectivity index (χ1v) is 11.9. The van der Waals surface area contributed by atoms with E-state index in [9.17, 15) is 9.59 Å². The molecule has 0 heterocycles. The Morgan fingerprint density at radius 2 is 1.67 bits per heavy atom. The number of carbonyl (C=O) groups excluding carboxylic acids is 2. The molecule has 3 rings (SSSR count). The van der Waals surface area contributed by atoms with Gasteiger partial charge in [-0.15, -0.1) is 0 Å². The summed E-state index contributed by atoms with van der Waals surface area (Å²) in [4.78, 5) is 30.4. The number of fused-ring (bicyclic) bond motifs is 1. The monoisotopic (exact) mass is 451 g/mol. The summed E-state index contributed by atoms with van der Waals surface area (Å²) in [6, 6.07) is 16.0. The van der Waals surface area contributed by atoms with Crippen molar-refractivity contribution in [2.75, 3.05) is 37.0 Å². The maximum Gasteiger partial charge on any atom is 0.410 e. The van der Waals surface area contributed by atoms with Gasteiger partial charge >= 0.3 is 6.09 Å². The number of hydrogen-bond acceptors (Lipinski definition) is 4. The van der Waals surface area contributed by atoms with Crippen molar-refractivity contribution in [2.24, 2.45) is 5.92 Å². The molecule has 0 saturated heterocycles. The SMILES string of the molecule is CCN(CC)c1ccc(NC(=O)C2(N(C)C(=O)OCC(C)C)CCc3ccccc3C2)cc1. The minimum atomic E-state index is -1.01. The molecule has 2 aromatic rings. The summed E-state index contributed by atoms with van der Waals surface area (Å²) in [5, 5.41) is 3.08. The van der Waals surface area contributed by atoms with Crippen molar-refractivity contribution in [1.82, 2.24) is 4.90 Å². The Kier molecular flexibility index (Phi) is 8.01. The largest absolute Gasteiger partial charge is 0.449 e. The minimum absolute atomic E-state index is 0.184. The highest BCUT2D eigenvalue weighted by atomic mass is 16.6. The normalized spacial score (nSPS) is 17.3. The number of nitrogens with one attached hydrogen (secondary N) is 1. The number of rotatable bonds is 8. The average molecular weight is 452 g/mol. The van der Waals surface area contributed by atoms with Gasteiger partial charge in [-0.1, -0.05) is 38.1 Å². The van der Waals surface area contributed by atoms with E-state index in [4.69, 9.17) is 4.74 Å². The maximum atomic E-state index is 13.7. The molecule has 0 bridgehead atoms. The Labute approximate surface area is 197 Å². The summed E-state index contributed by atoms with van der Waals surface area (Å²) in [7, 11) is 1.68. The number of likely N-dealkylation sites (N-methyl/N-ethyl adjacent to an activating group) is 1. The first-order chi connectivity index (χ1) is 15.8. The molecule has 6 heteroatoms. The summed E-state index contributed by atoms with van der Waals surface area (Å²) < 4.78 is 5.50. The zero-order valence-electron chi connectivity index (χ0n) is 20.6. The van der Waals surface area contributed by atoms with Gasteiger partial charge in [0.15, 0.2) is 0 Å². The van der Waals surface area contributed by atoms with Crippen LogP contribution in [0.15, 0.2) is 48.5 Å². The Hall–Kier alpha value is -3.02. The smallest absolute Gasteiger partial charge is 0.410 e. The molecule has 0 radical (unpaired) electrons. The highest BCUT2D eigenvalue weighted by Gasteiger charge is 2.47. The fourth-order valence-electron chi connectivity index (χ4n) is 4.45. The van der Waals surface area contributed by atoms with Gasteiger partial charge in [-0.2, -0.15) is 0 Å². The van der Waals surface area contributed by atoms with Gasteiger partial charge < -0.3 is 15.0 Å². The molecule has 2 amide bonds. The number of ether oxygens (including phenoxy) is 1. The number of hydrogen-bond donors (Lipinski definition) is 1. The van der Waals surface area contributed by atoms with Crippen LogP contribution < -0.4 is 10.2 Å². The molecular formula is C27H37N3O3. The summed E-state index contributed by atoms with van der Waals surface area (Å²) in [6.07, 6.45) is 1.27. The molecule has 0 fully saturated rings. The van der Waals surface area contributed by atoms with Crippen LogP contribution >= 0.6 is 0 Å². The van der Waals surface area contributed by atoms with Gasteiger partial charge in [0, 0.05) is 37.9 Å². The van der Waals surface area contributed by atoms with E-state index in [0.717, 1.165) is 36.4 Å². The zero-order valence-corrected chi connectivity index (χ0v) is 20.6. The molecule has 178 valence electrons. The third-order valence-corrected chi connectivity index (χ3v) is 6.54. The predicted molar refractivity (Wildman–Crippen MR) is 134 cm³/mol. The van der Waals surface area contributed by atoms with E-state index in [0.29, 0.717) is 19.4 Å². The van der Waals surface area contributed by atoms with Crippen molar-refractivity contribution in [3.8, 4) is 0 Å². The van der Waals surface area contributed by atoms with Gasteiger partial charge in [0.1, 0.15) is 5.54 Å². The number of aryl methyl sites for hydroxylation is 1. The average Bonchev–Trinajstić information content (AvgIpc) is 2.83. The van der Waals surface area contributed by atoms with Crippen LogP contribution in [0.4, 0.5) is 16.2 Å². The first kappa shape index (κ1) is 24.6.